The van der Waals surface area contributed by atoms with Crippen LogP contribution in [0.15, 0.2) is 0 Å². The molecule has 2 aliphatic heterocycles. The van der Waals surface area contributed by atoms with Crippen LogP contribution < -0.4 is 5.32 Å². The van der Waals surface area contributed by atoms with Crippen molar-refractivity contribution >= 4 is 5.91 Å². The van der Waals surface area contributed by atoms with Gasteiger partial charge in [-0.15, -0.1) is 0 Å². The minimum Gasteiger partial charge on any atom is -0.339 e. The highest BCUT2D eigenvalue weighted by atomic mass is 16.2. The van der Waals surface area contributed by atoms with Gasteiger partial charge in [-0.1, -0.05) is 6.92 Å². The number of hydrogen-bond donors (Lipinski definition) is 1. The molecule has 0 saturated carbocycles. The van der Waals surface area contributed by atoms with Crippen LogP contribution in [0.25, 0.3) is 0 Å². The van der Waals surface area contributed by atoms with E-state index in [1.165, 1.54) is 12.8 Å². The van der Waals surface area contributed by atoms with Gasteiger partial charge in [0.2, 0.25) is 5.91 Å². The minimum atomic E-state index is 0.0509. The van der Waals surface area contributed by atoms with Crippen molar-refractivity contribution < 1.29 is 4.79 Å². The smallest absolute Gasteiger partial charge is 0.240 e. The average Bonchev–Trinajstić information content (AvgIpc) is 2.38. The zero-order valence-corrected chi connectivity index (χ0v) is 12.9. The molecule has 1 N–H and O–H groups in total. The molecule has 2 fully saturated rings. The number of piperazine rings is 1. The zero-order chi connectivity index (χ0) is 14.0. The Hall–Kier alpha value is -0.610. The Bertz CT molecular complexity index is 316. The summed E-state index contributed by atoms with van der Waals surface area (Å²) in [6.45, 7) is 13.7. The molecule has 110 valence electrons. The van der Waals surface area contributed by atoms with Crippen molar-refractivity contribution in [2.45, 2.75) is 52.1 Å². The first kappa shape index (κ1) is 14.8. The van der Waals surface area contributed by atoms with E-state index in [2.05, 4.69) is 42.8 Å². The third-order valence-electron chi connectivity index (χ3n) is 4.58. The van der Waals surface area contributed by atoms with Crippen molar-refractivity contribution in [2.24, 2.45) is 5.92 Å². The molecule has 2 rings (SSSR count). The fraction of sp³-hybridized carbons (Fsp3) is 0.933. The number of hydrogen-bond acceptors (Lipinski definition) is 3. The molecule has 0 aliphatic carbocycles. The van der Waals surface area contributed by atoms with Crippen LogP contribution in [0.5, 0.6) is 0 Å². The molecule has 4 heteroatoms. The molecule has 19 heavy (non-hydrogen) atoms. The third-order valence-corrected chi connectivity index (χ3v) is 4.58. The lowest BCUT2D eigenvalue weighted by atomic mass is 9.91. The van der Waals surface area contributed by atoms with Gasteiger partial charge in [-0.3, -0.25) is 9.69 Å². The van der Waals surface area contributed by atoms with E-state index >= 15 is 0 Å². The predicted molar refractivity (Wildman–Crippen MR) is 78.1 cm³/mol. The van der Waals surface area contributed by atoms with Gasteiger partial charge >= 0.3 is 0 Å². The molecule has 0 radical (unpaired) electrons. The van der Waals surface area contributed by atoms with Gasteiger partial charge in [-0.05, 0) is 46.1 Å². The van der Waals surface area contributed by atoms with Crippen molar-refractivity contribution in [3.05, 3.63) is 0 Å². The Kier molecular flexibility index (Phi) is 4.51. The number of rotatable bonds is 1. The topological polar surface area (TPSA) is 35.6 Å². The van der Waals surface area contributed by atoms with Gasteiger partial charge in [-0.25, -0.2) is 0 Å². The summed E-state index contributed by atoms with van der Waals surface area (Å²) in [5, 5.41) is 3.40. The van der Waals surface area contributed by atoms with Crippen LogP contribution >= 0.6 is 0 Å². The highest BCUT2D eigenvalue weighted by Crippen LogP contribution is 2.20. The summed E-state index contributed by atoms with van der Waals surface area (Å²) in [5.74, 6) is 0.794. The van der Waals surface area contributed by atoms with E-state index < -0.39 is 0 Å². The predicted octanol–water partition coefficient (Wildman–Crippen LogP) is 1.32. The maximum Gasteiger partial charge on any atom is 0.240 e. The van der Waals surface area contributed by atoms with Crippen LogP contribution in [0.2, 0.25) is 0 Å². The molecular weight excluding hydrogens is 238 g/mol. The van der Waals surface area contributed by atoms with E-state index in [-0.39, 0.29) is 11.6 Å². The molecule has 2 heterocycles. The standard InChI is InChI=1S/C15H29N3O/c1-12-6-5-7-16-13(12)14(19)17-8-10-18(11-9-17)15(2,3)4/h12-13,16H,5-11H2,1-4H3. The van der Waals surface area contributed by atoms with Crippen LogP contribution in [-0.2, 0) is 4.79 Å². The molecule has 4 nitrogen and oxygen atoms in total. The lowest BCUT2D eigenvalue weighted by Gasteiger charge is -2.43. The van der Waals surface area contributed by atoms with E-state index in [1.54, 1.807) is 0 Å². The monoisotopic (exact) mass is 267 g/mol. The second kappa shape index (κ2) is 5.80. The van der Waals surface area contributed by atoms with Gasteiger partial charge in [0.1, 0.15) is 0 Å². The summed E-state index contributed by atoms with van der Waals surface area (Å²) in [6, 6.07) is 0.0509. The Morgan fingerprint density at radius 1 is 1.16 bits per heavy atom. The van der Waals surface area contributed by atoms with Crippen LogP contribution in [-0.4, -0.2) is 60.0 Å². The van der Waals surface area contributed by atoms with Gasteiger partial charge in [-0.2, -0.15) is 0 Å². The molecule has 2 unspecified atom stereocenters. The molecule has 1 amide bonds. The molecule has 0 aromatic heterocycles. The van der Waals surface area contributed by atoms with Crippen molar-refractivity contribution in [1.82, 2.24) is 15.1 Å². The number of nitrogens with one attached hydrogen (secondary N) is 1. The lowest BCUT2D eigenvalue weighted by molar-refractivity contribution is -0.137. The first-order valence-corrected chi connectivity index (χ1v) is 7.67. The van der Waals surface area contributed by atoms with Gasteiger partial charge in [0.05, 0.1) is 6.04 Å². The van der Waals surface area contributed by atoms with Gasteiger partial charge < -0.3 is 10.2 Å². The number of amides is 1. The van der Waals surface area contributed by atoms with Crippen LogP contribution in [0.1, 0.15) is 40.5 Å². The molecule has 2 saturated heterocycles. The van der Waals surface area contributed by atoms with Crippen molar-refractivity contribution in [1.29, 1.82) is 0 Å². The molecule has 0 spiro atoms. The number of piperidine rings is 1. The van der Waals surface area contributed by atoms with Gasteiger partial charge in [0.15, 0.2) is 0 Å². The second-order valence-electron chi connectivity index (χ2n) is 7.03. The van der Waals surface area contributed by atoms with E-state index in [4.69, 9.17) is 0 Å². The fourth-order valence-corrected chi connectivity index (χ4v) is 3.17. The zero-order valence-electron chi connectivity index (χ0n) is 12.9. The number of nitrogens with zero attached hydrogens (tertiary/aromatic N) is 2. The quantitative estimate of drug-likeness (QED) is 0.778. The summed E-state index contributed by atoms with van der Waals surface area (Å²) in [4.78, 5) is 17.1. The summed E-state index contributed by atoms with van der Waals surface area (Å²) in [6.07, 6.45) is 2.37. The summed E-state index contributed by atoms with van der Waals surface area (Å²) in [7, 11) is 0. The first-order chi connectivity index (χ1) is 8.89. The van der Waals surface area contributed by atoms with Crippen molar-refractivity contribution in [2.75, 3.05) is 32.7 Å². The highest BCUT2D eigenvalue weighted by molar-refractivity contribution is 5.82. The fourth-order valence-electron chi connectivity index (χ4n) is 3.17. The third kappa shape index (κ3) is 3.48. The van der Waals surface area contributed by atoms with Crippen LogP contribution in [0, 0.1) is 5.92 Å². The van der Waals surface area contributed by atoms with E-state index in [0.717, 1.165) is 32.7 Å². The van der Waals surface area contributed by atoms with Crippen LogP contribution in [0.4, 0.5) is 0 Å². The van der Waals surface area contributed by atoms with Crippen LogP contribution in [0.3, 0.4) is 0 Å². The first-order valence-electron chi connectivity index (χ1n) is 7.67. The molecule has 0 aromatic rings. The van der Waals surface area contributed by atoms with Gasteiger partial charge in [0.25, 0.3) is 0 Å². The molecule has 2 aliphatic rings. The van der Waals surface area contributed by atoms with Gasteiger partial charge in [0, 0.05) is 31.7 Å². The Morgan fingerprint density at radius 2 is 1.79 bits per heavy atom. The normalized spacial score (nSPS) is 30.4. The molecule has 2 atom stereocenters. The second-order valence-corrected chi connectivity index (χ2v) is 7.03. The number of carbonyl (C=O) groups excluding carboxylic acids is 1. The lowest BCUT2D eigenvalue weighted by Crippen LogP contribution is -2.59. The highest BCUT2D eigenvalue weighted by Gasteiger charge is 2.34. The van der Waals surface area contributed by atoms with E-state index in [9.17, 15) is 4.79 Å². The van der Waals surface area contributed by atoms with Crippen molar-refractivity contribution in [3.63, 3.8) is 0 Å². The van der Waals surface area contributed by atoms with E-state index in [1.807, 2.05) is 0 Å². The summed E-state index contributed by atoms with van der Waals surface area (Å²) >= 11 is 0. The Labute approximate surface area is 117 Å². The Balaban J connectivity index is 1.88. The maximum absolute atomic E-state index is 12.6. The summed E-state index contributed by atoms with van der Waals surface area (Å²) < 4.78 is 0. The molecular formula is C15H29N3O. The molecule has 0 aromatic carbocycles. The average molecular weight is 267 g/mol. The number of carbonyl (C=O) groups is 1. The SMILES string of the molecule is CC1CCCNC1C(=O)N1CCN(C(C)(C)C)CC1. The Morgan fingerprint density at radius 3 is 2.32 bits per heavy atom. The van der Waals surface area contributed by atoms with E-state index in [0.29, 0.717) is 11.8 Å². The molecule has 0 bridgehead atoms. The minimum absolute atomic E-state index is 0.0509. The largest absolute Gasteiger partial charge is 0.339 e. The summed E-state index contributed by atoms with van der Waals surface area (Å²) in [5.41, 5.74) is 0.214. The maximum atomic E-state index is 12.6. The van der Waals surface area contributed by atoms with Crippen molar-refractivity contribution in [3.8, 4) is 0 Å².